The third-order valence-electron chi connectivity index (χ3n) is 2.56. The summed E-state index contributed by atoms with van der Waals surface area (Å²) >= 11 is 5.85. The number of hydrogen-bond donors (Lipinski definition) is 2. The summed E-state index contributed by atoms with van der Waals surface area (Å²) in [5.74, 6) is -0.135. The number of nitrogens with one attached hydrogen (secondary N) is 1. The van der Waals surface area contributed by atoms with Crippen LogP contribution in [0.15, 0.2) is 47.4 Å². The molecular weight excluding hydrogens is 286 g/mol. The van der Waals surface area contributed by atoms with Gasteiger partial charge in [0.25, 0.3) is 10.0 Å². The van der Waals surface area contributed by atoms with Crippen molar-refractivity contribution in [3.8, 4) is 5.75 Å². The first-order chi connectivity index (χ1) is 8.90. The van der Waals surface area contributed by atoms with E-state index >= 15 is 0 Å². The average molecular weight is 298 g/mol. The van der Waals surface area contributed by atoms with Crippen molar-refractivity contribution in [1.29, 1.82) is 0 Å². The first kappa shape index (κ1) is 13.7. The zero-order chi connectivity index (χ0) is 14.0. The highest BCUT2D eigenvalue weighted by molar-refractivity contribution is 7.92. The van der Waals surface area contributed by atoms with Gasteiger partial charge < -0.3 is 5.11 Å². The summed E-state index contributed by atoms with van der Waals surface area (Å²) in [6.07, 6.45) is 0. The van der Waals surface area contributed by atoms with Crippen LogP contribution in [0.5, 0.6) is 5.75 Å². The summed E-state index contributed by atoms with van der Waals surface area (Å²) in [5.41, 5.74) is 0.562. The normalized spacial score (nSPS) is 11.3. The standard InChI is InChI=1S/C13H12ClNO3S/c1-9-7-10(14)8-12(13(9)16)15-19(17,18)11-5-3-2-4-6-11/h2-8,15-16H,1H3. The number of sulfonamides is 1. The lowest BCUT2D eigenvalue weighted by Gasteiger charge is -2.11. The van der Waals surface area contributed by atoms with Crippen LogP contribution in [0, 0.1) is 6.92 Å². The van der Waals surface area contributed by atoms with Crippen molar-refractivity contribution in [2.24, 2.45) is 0 Å². The van der Waals surface area contributed by atoms with Crippen molar-refractivity contribution in [2.75, 3.05) is 4.72 Å². The molecule has 0 bridgehead atoms. The third-order valence-corrected chi connectivity index (χ3v) is 4.16. The molecule has 0 aliphatic carbocycles. The predicted molar refractivity (Wildman–Crippen MR) is 75.1 cm³/mol. The van der Waals surface area contributed by atoms with Crippen LogP contribution in [-0.2, 0) is 10.0 Å². The van der Waals surface area contributed by atoms with Gasteiger partial charge >= 0.3 is 0 Å². The molecule has 4 nitrogen and oxygen atoms in total. The third kappa shape index (κ3) is 3.00. The molecule has 0 saturated heterocycles. The summed E-state index contributed by atoms with van der Waals surface area (Å²) in [7, 11) is -3.74. The van der Waals surface area contributed by atoms with E-state index in [1.54, 1.807) is 31.2 Å². The van der Waals surface area contributed by atoms with Crippen LogP contribution >= 0.6 is 11.6 Å². The van der Waals surface area contributed by atoms with E-state index in [1.807, 2.05) is 0 Å². The number of aromatic hydroxyl groups is 1. The van der Waals surface area contributed by atoms with E-state index < -0.39 is 10.0 Å². The van der Waals surface area contributed by atoms with Crippen LogP contribution in [0.2, 0.25) is 5.02 Å². The Balaban J connectivity index is 2.42. The second kappa shape index (κ2) is 5.11. The molecule has 0 fully saturated rings. The molecule has 100 valence electrons. The molecule has 2 rings (SSSR count). The maximum Gasteiger partial charge on any atom is 0.262 e. The molecule has 0 aliphatic heterocycles. The highest BCUT2D eigenvalue weighted by Crippen LogP contribution is 2.32. The predicted octanol–water partition coefficient (Wildman–Crippen LogP) is 3.15. The van der Waals surface area contributed by atoms with Gasteiger partial charge in [0.05, 0.1) is 10.6 Å². The van der Waals surface area contributed by atoms with E-state index in [0.29, 0.717) is 10.6 Å². The lowest BCUT2D eigenvalue weighted by molar-refractivity contribution is 0.473. The Kier molecular flexibility index (Phi) is 3.68. The van der Waals surface area contributed by atoms with Crippen molar-refractivity contribution in [1.82, 2.24) is 0 Å². The van der Waals surface area contributed by atoms with Gasteiger partial charge in [-0.2, -0.15) is 0 Å². The molecule has 0 spiro atoms. The number of aryl methyl sites for hydroxylation is 1. The van der Waals surface area contributed by atoms with Crippen molar-refractivity contribution in [2.45, 2.75) is 11.8 Å². The summed E-state index contributed by atoms with van der Waals surface area (Å²) in [6.45, 7) is 1.64. The lowest BCUT2D eigenvalue weighted by atomic mass is 10.2. The number of benzene rings is 2. The Morgan fingerprint density at radius 1 is 1.16 bits per heavy atom. The Morgan fingerprint density at radius 3 is 2.42 bits per heavy atom. The van der Waals surface area contributed by atoms with Crippen LogP contribution in [0.3, 0.4) is 0 Å². The second-order valence-corrected chi connectivity index (χ2v) is 6.16. The Morgan fingerprint density at radius 2 is 1.79 bits per heavy atom. The zero-order valence-corrected chi connectivity index (χ0v) is 11.7. The maximum absolute atomic E-state index is 12.1. The van der Waals surface area contributed by atoms with E-state index in [4.69, 9.17) is 11.6 Å². The highest BCUT2D eigenvalue weighted by atomic mass is 35.5. The van der Waals surface area contributed by atoms with Gasteiger partial charge in [-0.25, -0.2) is 8.42 Å². The molecule has 2 aromatic rings. The van der Waals surface area contributed by atoms with Crippen LogP contribution in [-0.4, -0.2) is 13.5 Å². The summed E-state index contributed by atoms with van der Waals surface area (Å²) < 4.78 is 26.5. The van der Waals surface area contributed by atoms with Crippen molar-refractivity contribution in [3.63, 3.8) is 0 Å². The van der Waals surface area contributed by atoms with Gasteiger partial charge in [0.15, 0.2) is 0 Å². The summed E-state index contributed by atoms with van der Waals surface area (Å²) in [6, 6.07) is 10.8. The summed E-state index contributed by atoms with van der Waals surface area (Å²) in [4.78, 5) is 0.118. The van der Waals surface area contributed by atoms with E-state index in [9.17, 15) is 13.5 Å². The van der Waals surface area contributed by atoms with Crippen LogP contribution < -0.4 is 4.72 Å². The van der Waals surface area contributed by atoms with Gasteiger partial charge in [-0.1, -0.05) is 29.8 Å². The van der Waals surface area contributed by atoms with Gasteiger partial charge in [-0.05, 0) is 36.8 Å². The minimum atomic E-state index is -3.74. The average Bonchev–Trinajstić information content (AvgIpc) is 2.36. The molecule has 0 heterocycles. The lowest BCUT2D eigenvalue weighted by Crippen LogP contribution is -2.13. The van der Waals surface area contributed by atoms with E-state index in [0.717, 1.165) is 0 Å². The monoisotopic (exact) mass is 297 g/mol. The van der Waals surface area contributed by atoms with Gasteiger partial charge in [-0.15, -0.1) is 0 Å². The van der Waals surface area contributed by atoms with Crippen molar-refractivity contribution < 1.29 is 13.5 Å². The van der Waals surface area contributed by atoms with Crippen LogP contribution in [0.1, 0.15) is 5.56 Å². The molecule has 6 heteroatoms. The molecule has 0 amide bonds. The number of hydrogen-bond acceptors (Lipinski definition) is 3. The maximum atomic E-state index is 12.1. The smallest absolute Gasteiger partial charge is 0.262 e. The van der Waals surface area contributed by atoms with Gasteiger partial charge in [0.2, 0.25) is 0 Å². The number of phenols is 1. The molecular formula is C13H12ClNO3S. The minimum absolute atomic E-state index is 0.0638. The molecule has 0 radical (unpaired) electrons. The fourth-order valence-corrected chi connectivity index (χ4v) is 2.97. The fraction of sp³-hybridized carbons (Fsp3) is 0.0769. The van der Waals surface area contributed by atoms with E-state index in [-0.39, 0.29) is 16.3 Å². The molecule has 2 N–H and O–H groups in total. The SMILES string of the molecule is Cc1cc(Cl)cc(NS(=O)(=O)c2ccccc2)c1O. The quantitative estimate of drug-likeness (QED) is 0.855. The second-order valence-electron chi connectivity index (χ2n) is 4.04. The molecule has 0 aliphatic rings. The number of rotatable bonds is 3. The van der Waals surface area contributed by atoms with Crippen molar-refractivity contribution >= 4 is 27.3 Å². The Bertz CT molecular complexity index is 699. The highest BCUT2D eigenvalue weighted by Gasteiger charge is 2.16. The van der Waals surface area contributed by atoms with E-state index in [2.05, 4.69) is 4.72 Å². The Labute approximate surface area is 116 Å². The summed E-state index contributed by atoms with van der Waals surface area (Å²) in [5, 5.41) is 10.2. The number of phenolic OH excluding ortho intramolecular Hbond substituents is 1. The fourth-order valence-electron chi connectivity index (χ4n) is 1.62. The Hall–Kier alpha value is -1.72. The number of anilines is 1. The zero-order valence-electron chi connectivity index (χ0n) is 10.1. The van der Waals surface area contributed by atoms with Crippen LogP contribution in [0.25, 0.3) is 0 Å². The molecule has 0 atom stereocenters. The molecule has 0 saturated carbocycles. The molecule has 0 unspecified atom stereocenters. The van der Waals surface area contributed by atoms with Crippen LogP contribution in [0.4, 0.5) is 5.69 Å². The first-order valence-corrected chi connectivity index (χ1v) is 7.33. The minimum Gasteiger partial charge on any atom is -0.505 e. The van der Waals surface area contributed by atoms with Gasteiger partial charge in [0, 0.05) is 5.02 Å². The first-order valence-electron chi connectivity index (χ1n) is 5.47. The van der Waals surface area contributed by atoms with E-state index in [1.165, 1.54) is 18.2 Å². The largest absolute Gasteiger partial charge is 0.505 e. The number of halogens is 1. The molecule has 0 aromatic heterocycles. The topological polar surface area (TPSA) is 66.4 Å². The molecule has 2 aromatic carbocycles. The van der Waals surface area contributed by atoms with Gasteiger partial charge in [-0.3, -0.25) is 4.72 Å². The van der Waals surface area contributed by atoms with Crippen molar-refractivity contribution in [3.05, 3.63) is 53.1 Å². The van der Waals surface area contributed by atoms with Gasteiger partial charge in [0.1, 0.15) is 5.75 Å². The molecule has 19 heavy (non-hydrogen) atoms.